The molecule has 0 aliphatic carbocycles. The first kappa shape index (κ1) is 25.9. The van der Waals surface area contributed by atoms with E-state index in [-0.39, 0.29) is 16.6 Å². The zero-order valence-electron chi connectivity index (χ0n) is 19.2. The van der Waals surface area contributed by atoms with Gasteiger partial charge in [0.05, 0.1) is 5.02 Å². The maximum absolute atomic E-state index is 14.8. The molecule has 34 heavy (non-hydrogen) atoms. The Bertz CT molecular complexity index is 1110. The topological polar surface area (TPSA) is 121 Å². The van der Waals surface area contributed by atoms with Gasteiger partial charge in [-0.25, -0.2) is 18.9 Å². The average Bonchev–Trinajstić information content (AvgIpc) is 3.32. The molecule has 1 aromatic carbocycles. The normalized spacial score (nSPS) is 15.1. The van der Waals surface area contributed by atoms with Gasteiger partial charge in [-0.15, -0.1) is 0 Å². The molecule has 3 rings (SSSR count). The number of pyridine rings is 1. The molecule has 1 saturated heterocycles. The summed E-state index contributed by atoms with van der Waals surface area (Å²) < 4.78 is 22.6. The summed E-state index contributed by atoms with van der Waals surface area (Å²) in [5.41, 5.74) is 7.27. The van der Waals surface area contributed by atoms with Crippen LogP contribution in [0.5, 0.6) is 0 Å². The fourth-order valence-electron chi connectivity index (χ4n) is 3.91. The average molecular weight is 508 g/mol. The van der Waals surface area contributed by atoms with Crippen molar-refractivity contribution in [3.63, 3.8) is 0 Å². The van der Waals surface area contributed by atoms with Crippen LogP contribution >= 0.6 is 23.5 Å². The van der Waals surface area contributed by atoms with E-state index in [0.29, 0.717) is 23.7 Å². The number of likely N-dealkylation sites (tertiary alicyclic amines) is 1. The molecule has 1 aromatic heterocycles. The third-order valence-corrected chi connectivity index (χ3v) is 7.00. The number of carbonyl (C=O) groups excluding carboxylic acids is 2. The van der Waals surface area contributed by atoms with Gasteiger partial charge in [0.15, 0.2) is 0 Å². The largest absolute Gasteiger partial charge is 0.411 e. The Balaban J connectivity index is 1.86. The third kappa shape index (κ3) is 5.86. The highest BCUT2D eigenvalue weighted by molar-refractivity contribution is 7.97. The molecule has 182 valence electrons. The van der Waals surface area contributed by atoms with Gasteiger partial charge >= 0.3 is 6.09 Å². The van der Waals surface area contributed by atoms with Crippen LogP contribution in [-0.2, 0) is 4.74 Å². The van der Waals surface area contributed by atoms with Crippen molar-refractivity contribution in [1.82, 2.24) is 14.6 Å². The second kappa shape index (κ2) is 11.2. The van der Waals surface area contributed by atoms with Crippen molar-refractivity contribution in [3.8, 4) is 0 Å². The molecule has 2 heterocycles. The van der Waals surface area contributed by atoms with E-state index in [1.807, 2.05) is 6.92 Å². The van der Waals surface area contributed by atoms with Crippen LogP contribution in [0.15, 0.2) is 29.3 Å². The minimum absolute atomic E-state index is 0.143. The highest BCUT2D eigenvalue weighted by Gasteiger charge is 2.30. The molecule has 2 unspecified atom stereocenters. The number of benzene rings is 1. The fraction of sp³-hybridized carbons (Fsp3) is 0.391. The second-order valence-corrected chi connectivity index (χ2v) is 9.42. The van der Waals surface area contributed by atoms with Crippen LogP contribution in [0.25, 0.3) is 0 Å². The van der Waals surface area contributed by atoms with Gasteiger partial charge in [-0.05, 0) is 73.5 Å². The number of hydrogen-bond donors (Lipinski definition) is 3. The van der Waals surface area contributed by atoms with E-state index in [0.717, 1.165) is 35.9 Å². The lowest BCUT2D eigenvalue weighted by molar-refractivity contribution is 0.0786. The van der Waals surface area contributed by atoms with Crippen LogP contribution in [0, 0.1) is 25.1 Å². The molecule has 2 atom stereocenters. The van der Waals surface area contributed by atoms with Crippen molar-refractivity contribution in [1.29, 1.82) is 5.41 Å². The van der Waals surface area contributed by atoms with Gasteiger partial charge in [0.25, 0.3) is 5.91 Å². The van der Waals surface area contributed by atoms with E-state index in [9.17, 15) is 14.0 Å². The summed E-state index contributed by atoms with van der Waals surface area (Å²) in [4.78, 5) is 30.2. The smallest absolute Gasteiger partial charge is 0.394 e. The minimum atomic E-state index is -1.14. The number of primary amides is 1. The molecule has 1 aliphatic heterocycles. The lowest BCUT2D eigenvalue weighted by Crippen LogP contribution is -2.40. The monoisotopic (exact) mass is 507 g/mol. The van der Waals surface area contributed by atoms with Gasteiger partial charge in [-0.1, -0.05) is 24.6 Å². The summed E-state index contributed by atoms with van der Waals surface area (Å²) in [7, 11) is 0. The molecule has 0 bridgehead atoms. The maximum Gasteiger partial charge on any atom is 0.411 e. The Morgan fingerprint density at radius 2 is 1.94 bits per heavy atom. The van der Waals surface area contributed by atoms with Crippen LogP contribution in [-0.4, -0.2) is 46.9 Å². The van der Waals surface area contributed by atoms with Gasteiger partial charge in [0, 0.05) is 19.0 Å². The standard InChI is InChI=1S/C23H27ClFN5O3S/c1-12-6-8-16(25)18(13(12)2)14(3)19(21(26)33-23(27)32)29-34-17-9-7-15(24)20(28-17)22(31)30-10-4-5-11-30/h6-9,14,19,26,29H,4-5,10-11H2,1-3H3,(H2,27,32). The second-order valence-electron chi connectivity index (χ2n) is 8.15. The highest BCUT2D eigenvalue weighted by atomic mass is 35.5. The Kier molecular flexibility index (Phi) is 8.51. The number of nitrogens with two attached hydrogens (primary N) is 1. The number of aromatic nitrogens is 1. The van der Waals surface area contributed by atoms with Crippen molar-refractivity contribution in [2.75, 3.05) is 13.1 Å². The van der Waals surface area contributed by atoms with Crippen molar-refractivity contribution < 1.29 is 18.7 Å². The van der Waals surface area contributed by atoms with Gasteiger partial charge < -0.3 is 15.4 Å². The molecule has 0 saturated carbocycles. The third-order valence-electron chi connectivity index (χ3n) is 5.89. The number of aryl methyl sites for hydroxylation is 1. The molecular formula is C23H27ClFN5O3S. The number of amides is 2. The van der Waals surface area contributed by atoms with Crippen LogP contribution < -0.4 is 10.5 Å². The molecule has 4 N–H and O–H groups in total. The minimum Gasteiger partial charge on any atom is -0.394 e. The van der Waals surface area contributed by atoms with Crippen LogP contribution in [0.3, 0.4) is 0 Å². The molecule has 2 aromatic rings. The Morgan fingerprint density at radius 3 is 2.59 bits per heavy atom. The van der Waals surface area contributed by atoms with E-state index in [2.05, 4.69) is 9.71 Å². The summed E-state index contributed by atoms with van der Waals surface area (Å²) in [5.74, 6) is -1.73. The van der Waals surface area contributed by atoms with E-state index >= 15 is 0 Å². The molecule has 1 aliphatic rings. The summed E-state index contributed by atoms with van der Waals surface area (Å²) in [5, 5.41) is 8.91. The number of ether oxygens (including phenoxy) is 1. The van der Waals surface area contributed by atoms with E-state index < -0.39 is 29.8 Å². The zero-order valence-corrected chi connectivity index (χ0v) is 20.7. The number of hydrogen-bond acceptors (Lipinski definition) is 7. The van der Waals surface area contributed by atoms with Crippen molar-refractivity contribution in [2.45, 2.75) is 50.6 Å². The molecular weight excluding hydrogens is 481 g/mol. The van der Waals surface area contributed by atoms with Gasteiger partial charge in [-0.2, -0.15) is 0 Å². The van der Waals surface area contributed by atoms with Crippen LogP contribution in [0.4, 0.5) is 9.18 Å². The molecule has 0 radical (unpaired) electrons. The van der Waals surface area contributed by atoms with Gasteiger partial charge in [0.1, 0.15) is 22.6 Å². The number of nitrogens with one attached hydrogen (secondary N) is 2. The van der Waals surface area contributed by atoms with Gasteiger partial charge in [-0.3, -0.25) is 10.2 Å². The quantitative estimate of drug-likeness (QED) is 0.287. The summed E-state index contributed by atoms with van der Waals surface area (Å²) in [6.07, 6.45) is 0.740. The Hall–Kier alpha value is -2.69. The van der Waals surface area contributed by atoms with Crippen molar-refractivity contribution in [3.05, 3.63) is 57.5 Å². The first-order valence-corrected chi connectivity index (χ1v) is 12.0. The van der Waals surface area contributed by atoms with Crippen LogP contribution in [0.2, 0.25) is 5.02 Å². The number of carbonyl (C=O) groups is 2. The van der Waals surface area contributed by atoms with Gasteiger partial charge in [0.2, 0.25) is 5.90 Å². The molecule has 8 nitrogen and oxygen atoms in total. The van der Waals surface area contributed by atoms with Crippen molar-refractivity contribution >= 4 is 41.4 Å². The molecule has 2 amide bonds. The van der Waals surface area contributed by atoms with Crippen LogP contribution in [0.1, 0.15) is 52.9 Å². The fourth-order valence-corrected chi connectivity index (χ4v) is 4.93. The van der Waals surface area contributed by atoms with E-state index in [1.54, 1.807) is 36.9 Å². The lowest BCUT2D eigenvalue weighted by Gasteiger charge is -2.26. The summed E-state index contributed by atoms with van der Waals surface area (Å²) in [6, 6.07) is 5.33. The molecule has 0 spiro atoms. The number of rotatable bonds is 7. The molecule has 1 fully saturated rings. The van der Waals surface area contributed by atoms with E-state index in [4.69, 9.17) is 27.5 Å². The number of halogens is 2. The number of nitrogens with zero attached hydrogens (tertiary/aromatic N) is 2. The highest BCUT2D eigenvalue weighted by Crippen LogP contribution is 2.30. The summed E-state index contributed by atoms with van der Waals surface area (Å²) in [6.45, 7) is 6.71. The maximum atomic E-state index is 14.8. The Morgan fingerprint density at radius 1 is 1.26 bits per heavy atom. The lowest BCUT2D eigenvalue weighted by atomic mass is 9.88. The first-order chi connectivity index (χ1) is 16.1. The zero-order chi connectivity index (χ0) is 25.0. The van der Waals surface area contributed by atoms with Crippen molar-refractivity contribution in [2.24, 2.45) is 5.73 Å². The SMILES string of the molecule is Cc1ccc(F)c(C(C)C(NSc2ccc(Cl)c(C(=O)N3CCCC3)n2)C(=N)OC(N)=O)c1C. The molecule has 11 heteroatoms. The predicted octanol–water partition coefficient (Wildman–Crippen LogP) is 4.57. The predicted molar refractivity (Wildman–Crippen MR) is 130 cm³/mol. The summed E-state index contributed by atoms with van der Waals surface area (Å²) >= 11 is 7.25. The van der Waals surface area contributed by atoms with E-state index in [1.165, 1.54) is 6.07 Å². The Labute approximate surface area is 207 Å². The first-order valence-electron chi connectivity index (χ1n) is 10.8.